The molecule has 4 rings (SSSR count). The molecule has 2 aromatic rings. The molecule has 118 valence electrons. The zero-order chi connectivity index (χ0) is 15.8. The van der Waals surface area contributed by atoms with Crippen molar-refractivity contribution in [3.8, 4) is 5.75 Å². The Hall–Kier alpha value is -2.33. The molecule has 0 saturated heterocycles. The average molecular weight is 310 g/mol. The number of para-hydroxylation sites is 1. The molecular formula is C19H18O4. The second-order valence-electron chi connectivity index (χ2n) is 6.09. The van der Waals surface area contributed by atoms with Crippen LogP contribution in [0.4, 0.5) is 0 Å². The summed E-state index contributed by atoms with van der Waals surface area (Å²) in [4.78, 5) is 11.7. The Morgan fingerprint density at radius 3 is 2.65 bits per heavy atom. The molecule has 3 atom stereocenters. The van der Waals surface area contributed by atoms with Crippen LogP contribution in [0.3, 0.4) is 0 Å². The Labute approximate surface area is 134 Å². The summed E-state index contributed by atoms with van der Waals surface area (Å²) in [5.74, 6) is -0.202. The van der Waals surface area contributed by atoms with Gasteiger partial charge < -0.3 is 14.6 Å². The van der Waals surface area contributed by atoms with Gasteiger partial charge in [-0.25, -0.2) is 4.79 Å². The maximum Gasteiger partial charge on any atom is 0.336 e. The van der Waals surface area contributed by atoms with Crippen molar-refractivity contribution in [1.29, 1.82) is 0 Å². The number of hydrogen-bond donors (Lipinski definition) is 1. The fraction of sp³-hybridized carbons (Fsp3) is 0.316. The number of ether oxygens (including phenoxy) is 2. The summed E-state index contributed by atoms with van der Waals surface area (Å²) in [6.07, 6.45) is 0.722. The van der Waals surface area contributed by atoms with Gasteiger partial charge in [-0.3, -0.25) is 0 Å². The van der Waals surface area contributed by atoms with Gasteiger partial charge >= 0.3 is 5.97 Å². The van der Waals surface area contributed by atoms with Crippen molar-refractivity contribution in [2.24, 2.45) is 0 Å². The number of carboxylic acids is 1. The number of fused-ring (bicyclic) bond motifs is 2. The summed E-state index contributed by atoms with van der Waals surface area (Å²) in [5.41, 5.74) is 3.39. The predicted molar refractivity (Wildman–Crippen MR) is 84.6 cm³/mol. The summed E-state index contributed by atoms with van der Waals surface area (Å²) in [5, 5.41) is 9.62. The van der Waals surface area contributed by atoms with Gasteiger partial charge in [-0.2, -0.15) is 0 Å². The van der Waals surface area contributed by atoms with Crippen LogP contribution in [0.5, 0.6) is 5.75 Å². The van der Waals surface area contributed by atoms with Gasteiger partial charge in [0.2, 0.25) is 0 Å². The van der Waals surface area contributed by atoms with E-state index < -0.39 is 18.2 Å². The van der Waals surface area contributed by atoms with Crippen LogP contribution in [0.15, 0.2) is 48.5 Å². The highest BCUT2D eigenvalue weighted by atomic mass is 16.6. The molecule has 23 heavy (non-hydrogen) atoms. The lowest BCUT2D eigenvalue weighted by atomic mass is 10.1. The molecule has 4 nitrogen and oxygen atoms in total. The van der Waals surface area contributed by atoms with Gasteiger partial charge in [0.25, 0.3) is 0 Å². The van der Waals surface area contributed by atoms with Gasteiger partial charge in [0.05, 0.1) is 6.10 Å². The van der Waals surface area contributed by atoms with E-state index in [9.17, 15) is 9.90 Å². The first-order chi connectivity index (χ1) is 11.2. The molecule has 3 unspecified atom stereocenters. The molecule has 0 aromatic heterocycles. The topological polar surface area (TPSA) is 55.8 Å². The molecule has 0 amide bonds. The SMILES string of the molecule is O=C(O)C(OC1CCc2ccccc21)C1Cc2ccccc2O1. The third kappa shape index (κ3) is 2.59. The summed E-state index contributed by atoms with van der Waals surface area (Å²) < 4.78 is 11.8. The first kappa shape index (κ1) is 14.3. The minimum atomic E-state index is -0.966. The van der Waals surface area contributed by atoms with Crippen molar-refractivity contribution < 1.29 is 19.4 Å². The minimum absolute atomic E-state index is 0.167. The monoisotopic (exact) mass is 310 g/mol. The molecule has 0 spiro atoms. The number of rotatable bonds is 4. The van der Waals surface area contributed by atoms with Gasteiger partial charge in [0, 0.05) is 6.42 Å². The first-order valence-electron chi connectivity index (χ1n) is 7.93. The summed E-state index contributed by atoms with van der Waals surface area (Å²) in [7, 11) is 0. The van der Waals surface area contributed by atoms with E-state index >= 15 is 0 Å². The molecule has 1 N–H and O–H groups in total. The van der Waals surface area contributed by atoms with Crippen LogP contribution in [0.25, 0.3) is 0 Å². The molecular weight excluding hydrogens is 292 g/mol. The van der Waals surface area contributed by atoms with Gasteiger partial charge in [-0.15, -0.1) is 0 Å². The zero-order valence-corrected chi connectivity index (χ0v) is 12.6. The summed E-state index contributed by atoms with van der Waals surface area (Å²) in [6, 6.07) is 15.8. The van der Waals surface area contributed by atoms with E-state index in [4.69, 9.17) is 9.47 Å². The van der Waals surface area contributed by atoms with E-state index in [0.29, 0.717) is 6.42 Å². The quantitative estimate of drug-likeness (QED) is 0.942. The first-order valence-corrected chi connectivity index (χ1v) is 7.93. The van der Waals surface area contributed by atoms with Gasteiger partial charge in [-0.1, -0.05) is 42.5 Å². The zero-order valence-electron chi connectivity index (χ0n) is 12.6. The van der Waals surface area contributed by atoms with Gasteiger partial charge in [-0.05, 0) is 35.6 Å². The van der Waals surface area contributed by atoms with Crippen LogP contribution < -0.4 is 4.74 Å². The maximum absolute atomic E-state index is 11.7. The highest BCUT2D eigenvalue weighted by molar-refractivity contribution is 5.73. The van der Waals surface area contributed by atoms with E-state index in [-0.39, 0.29) is 6.10 Å². The molecule has 4 heteroatoms. The Kier molecular flexibility index (Phi) is 3.54. The van der Waals surface area contributed by atoms with Gasteiger partial charge in [0.1, 0.15) is 11.9 Å². The summed E-state index contributed by atoms with van der Waals surface area (Å²) in [6.45, 7) is 0. The molecule has 1 heterocycles. The highest BCUT2D eigenvalue weighted by Gasteiger charge is 2.38. The van der Waals surface area contributed by atoms with Crippen LogP contribution >= 0.6 is 0 Å². The third-order valence-electron chi connectivity index (χ3n) is 4.64. The average Bonchev–Trinajstić information content (AvgIpc) is 3.16. The third-order valence-corrected chi connectivity index (χ3v) is 4.64. The molecule has 0 saturated carbocycles. The Balaban J connectivity index is 1.53. The van der Waals surface area contributed by atoms with E-state index in [1.165, 1.54) is 5.56 Å². The van der Waals surface area contributed by atoms with Crippen molar-refractivity contribution in [2.75, 3.05) is 0 Å². The largest absolute Gasteiger partial charge is 0.486 e. The van der Waals surface area contributed by atoms with Crippen LogP contribution in [0.2, 0.25) is 0 Å². The van der Waals surface area contributed by atoms with E-state index in [0.717, 1.165) is 29.7 Å². The number of aliphatic carboxylic acids is 1. The van der Waals surface area contributed by atoms with Crippen LogP contribution in [0, 0.1) is 0 Å². The smallest absolute Gasteiger partial charge is 0.336 e. The molecule has 2 aliphatic rings. The summed E-state index contributed by atoms with van der Waals surface area (Å²) >= 11 is 0. The number of aryl methyl sites for hydroxylation is 1. The number of carbonyl (C=O) groups is 1. The normalized spacial score (nSPS) is 23.0. The van der Waals surface area contributed by atoms with E-state index in [1.807, 2.05) is 42.5 Å². The van der Waals surface area contributed by atoms with Crippen LogP contribution in [-0.2, 0) is 22.4 Å². The lowest BCUT2D eigenvalue weighted by Crippen LogP contribution is -2.40. The fourth-order valence-corrected chi connectivity index (χ4v) is 3.52. The second-order valence-corrected chi connectivity index (χ2v) is 6.09. The fourth-order valence-electron chi connectivity index (χ4n) is 3.52. The highest BCUT2D eigenvalue weighted by Crippen LogP contribution is 2.37. The molecule has 1 aliphatic heterocycles. The minimum Gasteiger partial charge on any atom is -0.486 e. The molecule has 0 fully saturated rings. The molecule has 0 radical (unpaired) electrons. The molecule has 2 aromatic carbocycles. The van der Waals surface area contributed by atoms with Crippen molar-refractivity contribution in [3.63, 3.8) is 0 Å². The number of hydrogen-bond acceptors (Lipinski definition) is 3. The Bertz CT molecular complexity index is 715. The second kappa shape index (κ2) is 5.70. The number of carboxylic acid groups (broad SMARTS) is 1. The van der Waals surface area contributed by atoms with Crippen LogP contribution in [-0.4, -0.2) is 23.3 Å². The van der Waals surface area contributed by atoms with Crippen molar-refractivity contribution >= 4 is 5.97 Å². The Morgan fingerprint density at radius 1 is 1.13 bits per heavy atom. The van der Waals surface area contributed by atoms with Crippen molar-refractivity contribution in [1.82, 2.24) is 0 Å². The molecule has 1 aliphatic carbocycles. The Morgan fingerprint density at radius 2 is 1.87 bits per heavy atom. The molecule has 0 bridgehead atoms. The van der Waals surface area contributed by atoms with Gasteiger partial charge in [0.15, 0.2) is 6.10 Å². The van der Waals surface area contributed by atoms with Crippen molar-refractivity contribution in [2.45, 2.75) is 37.6 Å². The predicted octanol–water partition coefficient (Wildman–Crippen LogP) is 3.15. The lowest BCUT2D eigenvalue weighted by molar-refractivity contribution is -0.162. The number of benzene rings is 2. The van der Waals surface area contributed by atoms with E-state index in [2.05, 4.69) is 6.07 Å². The van der Waals surface area contributed by atoms with Crippen molar-refractivity contribution in [3.05, 3.63) is 65.2 Å². The maximum atomic E-state index is 11.7. The standard InChI is InChI=1S/C19H18O4/c20-19(21)18(17-11-13-6-2-4-8-15(13)22-17)23-16-10-9-12-5-1-3-7-14(12)16/h1-8,16-18H,9-11H2,(H,20,21). The lowest BCUT2D eigenvalue weighted by Gasteiger charge is -2.24. The van der Waals surface area contributed by atoms with E-state index in [1.54, 1.807) is 0 Å². The van der Waals surface area contributed by atoms with Crippen LogP contribution in [0.1, 0.15) is 29.2 Å².